The van der Waals surface area contributed by atoms with E-state index >= 15 is 0 Å². The predicted molar refractivity (Wildman–Crippen MR) is 114 cm³/mol. The molecule has 5 heteroatoms. The van der Waals surface area contributed by atoms with Gasteiger partial charge in [-0.05, 0) is 16.7 Å². The van der Waals surface area contributed by atoms with Gasteiger partial charge in [-0.25, -0.2) is 0 Å². The second-order valence-corrected chi connectivity index (χ2v) is 7.56. The van der Waals surface area contributed by atoms with Crippen LogP contribution in [-0.2, 0) is 14.3 Å². The molecule has 0 aliphatic carbocycles. The molecule has 0 saturated carbocycles. The van der Waals surface area contributed by atoms with Gasteiger partial charge in [0.05, 0.1) is 4.75 Å². The maximum atomic E-state index is 11.5. The van der Waals surface area contributed by atoms with E-state index < -0.39 is 16.6 Å². The third-order valence-corrected chi connectivity index (χ3v) is 6.02. The van der Waals surface area contributed by atoms with Crippen molar-refractivity contribution in [2.24, 2.45) is 5.73 Å². The molecular formula is C23H22N2O2S. The first-order valence-electron chi connectivity index (χ1n) is 9.03. The minimum absolute atomic E-state index is 0.348. The minimum atomic E-state index is -0.967. The van der Waals surface area contributed by atoms with Gasteiger partial charge >= 0.3 is 11.8 Å². The van der Waals surface area contributed by atoms with Crippen LogP contribution >= 0.6 is 11.8 Å². The number of carbonyl (C=O) groups excluding carboxylic acids is 2. The largest absolute Gasteiger partial charge is 0.361 e. The number of primary amides is 1. The summed E-state index contributed by atoms with van der Waals surface area (Å²) in [6, 6.07) is 30.9. The van der Waals surface area contributed by atoms with E-state index in [-0.39, 0.29) is 0 Å². The number of benzene rings is 3. The average molecular weight is 391 g/mol. The first-order chi connectivity index (χ1) is 13.6. The Kier molecular flexibility index (Phi) is 6.50. The highest BCUT2D eigenvalue weighted by molar-refractivity contribution is 8.00. The van der Waals surface area contributed by atoms with Crippen molar-refractivity contribution in [2.75, 3.05) is 12.3 Å². The molecule has 0 aliphatic rings. The van der Waals surface area contributed by atoms with Crippen molar-refractivity contribution in [3.05, 3.63) is 108 Å². The first-order valence-corrected chi connectivity index (χ1v) is 10.0. The van der Waals surface area contributed by atoms with Crippen LogP contribution in [-0.4, -0.2) is 24.1 Å². The lowest BCUT2D eigenvalue weighted by Gasteiger charge is -2.35. The number of carbonyl (C=O) groups is 2. The van der Waals surface area contributed by atoms with Gasteiger partial charge in [0.2, 0.25) is 0 Å². The highest BCUT2D eigenvalue weighted by Crippen LogP contribution is 2.48. The smallest absolute Gasteiger partial charge is 0.309 e. The predicted octanol–water partition coefficient (Wildman–Crippen LogP) is 3.31. The van der Waals surface area contributed by atoms with Gasteiger partial charge in [0.25, 0.3) is 0 Å². The van der Waals surface area contributed by atoms with Crippen LogP contribution in [0.2, 0.25) is 0 Å². The number of hydrogen-bond acceptors (Lipinski definition) is 3. The van der Waals surface area contributed by atoms with E-state index in [0.717, 1.165) is 16.7 Å². The van der Waals surface area contributed by atoms with E-state index in [0.29, 0.717) is 12.3 Å². The number of amides is 2. The quantitative estimate of drug-likeness (QED) is 0.369. The van der Waals surface area contributed by atoms with Gasteiger partial charge in [-0.3, -0.25) is 9.59 Å². The zero-order valence-electron chi connectivity index (χ0n) is 15.4. The third kappa shape index (κ3) is 4.26. The maximum Gasteiger partial charge on any atom is 0.309 e. The fourth-order valence-electron chi connectivity index (χ4n) is 3.22. The van der Waals surface area contributed by atoms with E-state index in [1.165, 1.54) is 0 Å². The fraction of sp³-hybridized carbons (Fsp3) is 0.130. The van der Waals surface area contributed by atoms with Crippen LogP contribution in [0.4, 0.5) is 0 Å². The third-order valence-electron chi connectivity index (χ3n) is 4.47. The maximum absolute atomic E-state index is 11.5. The van der Waals surface area contributed by atoms with Crippen LogP contribution in [0.25, 0.3) is 0 Å². The Hall–Kier alpha value is -3.05. The molecule has 0 fully saturated rings. The molecule has 0 unspecified atom stereocenters. The highest BCUT2D eigenvalue weighted by atomic mass is 32.2. The summed E-state index contributed by atoms with van der Waals surface area (Å²) < 4.78 is -0.443. The normalized spacial score (nSPS) is 11.0. The topological polar surface area (TPSA) is 72.2 Å². The molecule has 28 heavy (non-hydrogen) atoms. The van der Waals surface area contributed by atoms with Crippen LogP contribution in [0.5, 0.6) is 0 Å². The fourth-order valence-corrected chi connectivity index (χ4v) is 4.64. The van der Waals surface area contributed by atoms with Crippen molar-refractivity contribution in [3.8, 4) is 0 Å². The van der Waals surface area contributed by atoms with E-state index in [4.69, 9.17) is 5.73 Å². The second kappa shape index (κ2) is 9.24. The van der Waals surface area contributed by atoms with Crippen molar-refractivity contribution in [2.45, 2.75) is 4.75 Å². The lowest BCUT2D eigenvalue weighted by atomic mass is 9.84. The zero-order chi connectivity index (χ0) is 19.8. The summed E-state index contributed by atoms with van der Waals surface area (Å²) in [6.07, 6.45) is 0. The van der Waals surface area contributed by atoms with Crippen LogP contribution in [0.1, 0.15) is 16.7 Å². The Labute approximate surface area is 169 Å². The molecule has 0 saturated heterocycles. The van der Waals surface area contributed by atoms with E-state index in [1.54, 1.807) is 11.8 Å². The monoisotopic (exact) mass is 390 g/mol. The van der Waals surface area contributed by atoms with E-state index in [9.17, 15) is 9.59 Å². The summed E-state index contributed by atoms with van der Waals surface area (Å²) in [5, 5.41) is 2.57. The van der Waals surface area contributed by atoms with Crippen LogP contribution < -0.4 is 11.1 Å². The Morgan fingerprint density at radius 1 is 0.750 bits per heavy atom. The van der Waals surface area contributed by atoms with Crippen molar-refractivity contribution in [1.82, 2.24) is 5.32 Å². The summed E-state index contributed by atoms with van der Waals surface area (Å²) in [5.41, 5.74) is 8.47. The van der Waals surface area contributed by atoms with Crippen molar-refractivity contribution in [1.29, 1.82) is 0 Å². The molecule has 0 bridgehead atoms. The number of hydrogen-bond donors (Lipinski definition) is 2. The van der Waals surface area contributed by atoms with Gasteiger partial charge < -0.3 is 11.1 Å². The van der Waals surface area contributed by atoms with Crippen molar-refractivity contribution < 1.29 is 9.59 Å². The van der Waals surface area contributed by atoms with Gasteiger partial charge in [-0.15, -0.1) is 11.8 Å². The Morgan fingerprint density at radius 2 is 1.14 bits per heavy atom. The molecule has 3 rings (SSSR count). The SMILES string of the molecule is NC(=O)C(=O)NCCSC(c1ccccc1)(c1ccccc1)c1ccccc1. The van der Waals surface area contributed by atoms with Crippen LogP contribution in [0, 0.1) is 0 Å². The number of nitrogens with one attached hydrogen (secondary N) is 1. The van der Waals surface area contributed by atoms with Gasteiger partial charge in [-0.1, -0.05) is 91.0 Å². The molecule has 0 aromatic heterocycles. The molecular weight excluding hydrogens is 368 g/mol. The van der Waals surface area contributed by atoms with Gasteiger partial charge in [0.1, 0.15) is 0 Å². The standard InChI is InChI=1S/C23H22N2O2S/c24-21(26)22(27)25-16-17-28-23(18-10-4-1-5-11-18,19-12-6-2-7-13-19)20-14-8-3-9-15-20/h1-15H,16-17H2,(H2,24,26)(H,25,27). The number of nitrogens with two attached hydrogens (primary N) is 1. The Morgan fingerprint density at radius 3 is 1.50 bits per heavy atom. The van der Waals surface area contributed by atoms with E-state index in [1.807, 2.05) is 54.6 Å². The molecule has 142 valence electrons. The Balaban J connectivity index is 2.01. The average Bonchev–Trinajstić information content (AvgIpc) is 2.75. The van der Waals surface area contributed by atoms with Gasteiger partial charge in [-0.2, -0.15) is 0 Å². The zero-order valence-corrected chi connectivity index (χ0v) is 16.2. The van der Waals surface area contributed by atoms with Crippen LogP contribution in [0.3, 0.4) is 0 Å². The van der Waals surface area contributed by atoms with Crippen molar-refractivity contribution in [3.63, 3.8) is 0 Å². The summed E-state index contributed by atoms with van der Waals surface area (Å²) in [4.78, 5) is 22.4. The second-order valence-electron chi connectivity index (χ2n) is 6.25. The molecule has 2 amide bonds. The molecule has 0 heterocycles. The summed E-state index contributed by atoms with van der Waals surface area (Å²) in [7, 11) is 0. The lowest BCUT2D eigenvalue weighted by Crippen LogP contribution is -2.37. The summed E-state index contributed by atoms with van der Waals surface area (Å²) >= 11 is 1.72. The molecule has 3 aromatic carbocycles. The van der Waals surface area contributed by atoms with Gasteiger partial charge in [0, 0.05) is 12.3 Å². The summed E-state index contributed by atoms with van der Waals surface area (Å²) in [5.74, 6) is -1.12. The molecule has 3 aromatic rings. The van der Waals surface area contributed by atoms with Crippen molar-refractivity contribution >= 4 is 23.6 Å². The van der Waals surface area contributed by atoms with Crippen LogP contribution in [0.15, 0.2) is 91.0 Å². The molecule has 0 spiro atoms. The van der Waals surface area contributed by atoms with Gasteiger partial charge in [0.15, 0.2) is 0 Å². The molecule has 3 N–H and O–H groups in total. The molecule has 0 radical (unpaired) electrons. The summed E-state index contributed by atoms with van der Waals surface area (Å²) in [6.45, 7) is 0.348. The minimum Gasteiger partial charge on any atom is -0.361 e. The molecule has 0 atom stereocenters. The van der Waals surface area contributed by atoms with E-state index in [2.05, 4.69) is 41.7 Å². The first kappa shape index (κ1) is 19.7. The molecule has 4 nitrogen and oxygen atoms in total. The number of rotatable bonds is 7. The Bertz CT molecular complexity index is 818. The molecule has 0 aliphatic heterocycles. The number of thioether (sulfide) groups is 1. The highest BCUT2D eigenvalue weighted by Gasteiger charge is 2.36. The lowest BCUT2D eigenvalue weighted by molar-refractivity contribution is -0.137.